The van der Waals surface area contributed by atoms with Gasteiger partial charge in [0.05, 0.1) is 12.2 Å². The highest BCUT2D eigenvalue weighted by atomic mass is 16.5. The third kappa shape index (κ3) is 8.30. The molecule has 170 valence electrons. The minimum Gasteiger partial charge on any atom is -0.494 e. The normalized spacial score (nSPS) is 11.2. The number of esters is 2. The Morgan fingerprint density at radius 1 is 0.969 bits per heavy atom. The van der Waals surface area contributed by atoms with Gasteiger partial charge in [-0.3, -0.25) is 0 Å². The molecule has 2 aromatic carbocycles. The molecule has 0 aliphatic rings. The van der Waals surface area contributed by atoms with Crippen LogP contribution in [0, 0.1) is 0 Å². The van der Waals surface area contributed by atoms with Crippen LogP contribution in [0.4, 0.5) is 0 Å². The summed E-state index contributed by atoms with van der Waals surface area (Å²) in [6, 6.07) is 13.6. The Hall–Kier alpha value is -3.54. The van der Waals surface area contributed by atoms with Crippen LogP contribution in [-0.4, -0.2) is 31.3 Å². The number of benzene rings is 2. The molecule has 0 aliphatic carbocycles. The predicted octanol–water partition coefficient (Wildman–Crippen LogP) is 5.53. The second-order valence-electron chi connectivity index (χ2n) is 7.19. The first-order valence-corrected chi connectivity index (χ1v) is 10.6. The van der Waals surface area contributed by atoms with Crippen molar-refractivity contribution in [2.45, 2.75) is 39.2 Å². The maximum atomic E-state index is 12.3. The van der Waals surface area contributed by atoms with Crippen molar-refractivity contribution < 1.29 is 28.5 Å². The molecule has 0 radical (unpaired) electrons. The summed E-state index contributed by atoms with van der Waals surface area (Å²) < 4.78 is 21.9. The molecule has 0 amide bonds. The van der Waals surface area contributed by atoms with Gasteiger partial charge >= 0.3 is 11.9 Å². The lowest BCUT2D eigenvalue weighted by molar-refractivity contribution is -0.144. The molecule has 0 saturated heterocycles. The van der Waals surface area contributed by atoms with E-state index in [0.29, 0.717) is 48.0 Å². The van der Waals surface area contributed by atoms with Crippen LogP contribution in [0.1, 0.15) is 43.5 Å². The zero-order valence-electron chi connectivity index (χ0n) is 18.7. The van der Waals surface area contributed by atoms with E-state index in [0.717, 1.165) is 12.8 Å². The zero-order chi connectivity index (χ0) is 23.3. The number of carbonyl (C=O) groups is 2. The molecule has 0 aliphatic heterocycles. The summed E-state index contributed by atoms with van der Waals surface area (Å²) in [5.41, 5.74) is 0.823. The Labute approximate surface area is 189 Å². The van der Waals surface area contributed by atoms with Gasteiger partial charge < -0.3 is 18.9 Å². The Bertz CT molecular complexity index is 899. The molecular weight excluding hydrogens is 408 g/mol. The lowest BCUT2D eigenvalue weighted by atomic mass is 10.1. The van der Waals surface area contributed by atoms with Crippen LogP contribution in [0.2, 0.25) is 0 Å². The molecule has 6 heteroatoms. The van der Waals surface area contributed by atoms with E-state index in [1.165, 1.54) is 0 Å². The van der Waals surface area contributed by atoms with Crippen LogP contribution >= 0.6 is 0 Å². The van der Waals surface area contributed by atoms with Gasteiger partial charge in [-0.25, -0.2) is 9.59 Å². The van der Waals surface area contributed by atoms with E-state index in [4.69, 9.17) is 18.9 Å². The van der Waals surface area contributed by atoms with Gasteiger partial charge in [0.25, 0.3) is 0 Å². The van der Waals surface area contributed by atoms with E-state index in [9.17, 15) is 9.59 Å². The molecule has 0 saturated carbocycles. The monoisotopic (exact) mass is 438 g/mol. The standard InChI is InChI=1S/C26H30O6/c1-5-17-29-22-11-9-20(10-12-22)26(28)32-24-15-13-23(14-16-24)30-18-7-8-21(6-2)31-25(27)19(3)4/h5,9-16,21H,1,3,6-8,17-18H2,2,4H3. The summed E-state index contributed by atoms with van der Waals surface area (Å²) in [7, 11) is 0. The molecule has 2 rings (SSSR count). The van der Waals surface area contributed by atoms with Gasteiger partial charge in [-0.05, 0) is 74.7 Å². The second kappa shape index (κ2) is 13.0. The van der Waals surface area contributed by atoms with Gasteiger partial charge in [-0.15, -0.1) is 0 Å². The first kappa shape index (κ1) is 24.7. The highest BCUT2D eigenvalue weighted by molar-refractivity contribution is 5.91. The number of ether oxygens (including phenoxy) is 4. The summed E-state index contributed by atoms with van der Waals surface area (Å²) in [5, 5.41) is 0. The van der Waals surface area contributed by atoms with Gasteiger partial charge in [0.1, 0.15) is 30.0 Å². The van der Waals surface area contributed by atoms with Crippen LogP contribution in [-0.2, 0) is 9.53 Å². The van der Waals surface area contributed by atoms with Crippen molar-refractivity contribution in [3.63, 3.8) is 0 Å². The van der Waals surface area contributed by atoms with E-state index in [1.54, 1.807) is 61.5 Å². The Morgan fingerprint density at radius 3 is 2.16 bits per heavy atom. The lowest BCUT2D eigenvalue weighted by Crippen LogP contribution is -2.18. The van der Waals surface area contributed by atoms with E-state index in [-0.39, 0.29) is 12.1 Å². The van der Waals surface area contributed by atoms with Crippen molar-refractivity contribution in [2.24, 2.45) is 0 Å². The molecule has 6 nitrogen and oxygen atoms in total. The Morgan fingerprint density at radius 2 is 1.56 bits per heavy atom. The van der Waals surface area contributed by atoms with Crippen LogP contribution in [0.25, 0.3) is 0 Å². The third-order valence-electron chi connectivity index (χ3n) is 4.51. The highest BCUT2D eigenvalue weighted by Gasteiger charge is 2.13. The molecule has 0 fully saturated rings. The minimum atomic E-state index is -0.455. The smallest absolute Gasteiger partial charge is 0.343 e. The average molecular weight is 439 g/mol. The second-order valence-corrected chi connectivity index (χ2v) is 7.19. The summed E-state index contributed by atoms with van der Waals surface area (Å²) in [5.74, 6) is 0.929. The largest absolute Gasteiger partial charge is 0.494 e. The first-order valence-electron chi connectivity index (χ1n) is 10.6. The van der Waals surface area contributed by atoms with E-state index < -0.39 is 5.97 Å². The molecular formula is C26H30O6. The van der Waals surface area contributed by atoms with Crippen molar-refractivity contribution in [2.75, 3.05) is 13.2 Å². The molecule has 1 unspecified atom stereocenters. The van der Waals surface area contributed by atoms with E-state index >= 15 is 0 Å². The van der Waals surface area contributed by atoms with Crippen molar-refractivity contribution in [3.05, 3.63) is 78.9 Å². The average Bonchev–Trinajstić information content (AvgIpc) is 2.80. The number of hydrogen-bond acceptors (Lipinski definition) is 6. The Balaban J connectivity index is 1.76. The molecule has 0 heterocycles. The molecule has 2 aromatic rings. The minimum absolute atomic E-state index is 0.146. The van der Waals surface area contributed by atoms with Gasteiger partial charge in [0.2, 0.25) is 0 Å². The van der Waals surface area contributed by atoms with Gasteiger partial charge in [-0.1, -0.05) is 26.2 Å². The van der Waals surface area contributed by atoms with Crippen molar-refractivity contribution in [1.82, 2.24) is 0 Å². The zero-order valence-corrected chi connectivity index (χ0v) is 18.7. The predicted molar refractivity (Wildman–Crippen MR) is 123 cm³/mol. The van der Waals surface area contributed by atoms with Crippen molar-refractivity contribution in [1.29, 1.82) is 0 Å². The van der Waals surface area contributed by atoms with Crippen LogP contribution < -0.4 is 14.2 Å². The Kier molecular flexibility index (Phi) is 10.0. The highest BCUT2D eigenvalue weighted by Crippen LogP contribution is 2.20. The van der Waals surface area contributed by atoms with Crippen molar-refractivity contribution in [3.8, 4) is 17.2 Å². The number of rotatable bonds is 13. The number of carbonyl (C=O) groups excluding carboxylic acids is 2. The SMILES string of the molecule is C=CCOc1ccc(C(=O)Oc2ccc(OCCCC(CC)OC(=O)C(=C)C)cc2)cc1. The lowest BCUT2D eigenvalue weighted by Gasteiger charge is -2.16. The first-order chi connectivity index (χ1) is 15.4. The molecule has 32 heavy (non-hydrogen) atoms. The van der Waals surface area contributed by atoms with E-state index in [1.807, 2.05) is 6.92 Å². The molecule has 0 spiro atoms. The summed E-state index contributed by atoms with van der Waals surface area (Å²) in [6.07, 6.45) is 3.70. The summed E-state index contributed by atoms with van der Waals surface area (Å²) in [6.45, 7) is 11.7. The summed E-state index contributed by atoms with van der Waals surface area (Å²) in [4.78, 5) is 23.9. The molecule has 1 atom stereocenters. The number of hydrogen-bond donors (Lipinski definition) is 0. The van der Waals surface area contributed by atoms with Gasteiger partial charge in [0, 0.05) is 5.57 Å². The molecule has 0 N–H and O–H groups in total. The summed E-state index contributed by atoms with van der Waals surface area (Å²) >= 11 is 0. The van der Waals surface area contributed by atoms with Crippen LogP contribution in [0.15, 0.2) is 73.3 Å². The third-order valence-corrected chi connectivity index (χ3v) is 4.51. The van der Waals surface area contributed by atoms with E-state index in [2.05, 4.69) is 13.2 Å². The molecule has 0 aromatic heterocycles. The fourth-order valence-corrected chi connectivity index (χ4v) is 2.71. The quantitative estimate of drug-likeness (QED) is 0.135. The van der Waals surface area contributed by atoms with Crippen LogP contribution in [0.3, 0.4) is 0 Å². The van der Waals surface area contributed by atoms with Gasteiger partial charge in [0.15, 0.2) is 0 Å². The van der Waals surface area contributed by atoms with Crippen LogP contribution in [0.5, 0.6) is 17.2 Å². The van der Waals surface area contributed by atoms with Gasteiger partial charge in [-0.2, -0.15) is 0 Å². The fraction of sp³-hybridized carbons (Fsp3) is 0.308. The molecule has 0 bridgehead atoms. The fourth-order valence-electron chi connectivity index (χ4n) is 2.71. The maximum Gasteiger partial charge on any atom is 0.343 e. The maximum absolute atomic E-state index is 12.3. The topological polar surface area (TPSA) is 71.1 Å². The van der Waals surface area contributed by atoms with Crippen molar-refractivity contribution >= 4 is 11.9 Å².